The van der Waals surface area contributed by atoms with E-state index >= 15 is 0 Å². The Morgan fingerprint density at radius 1 is 1.04 bits per heavy atom. The van der Waals surface area contributed by atoms with Crippen molar-refractivity contribution >= 4 is 17.9 Å². The van der Waals surface area contributed by atoms with E-state index in [-0.39, 0.29) is 6.09 Å². The Labute approximate surface area is 162 Å². The second-order valence-electron chi connectivity index (χ2n) is 7.06. The Morgan fingerprint density at radius 2 is 1.70 bits per heavy atom. The van der Waals surface area contributed by atoms with Crippen LogP contribution in [0.1, 0.15) is 40.0 Å². The zero-order valence-electron chi connectivity index (χ0n) is 17.0. The summed E-state index contributed by atoms with van der Waals surface area (Å²) in [7, 11) is 1.75. The molecule has 8 nitrogen and oxygen atoms in total. The van der Waals surface area contributed by atoms with Crippen LogP contribution in [0, 0.1) is 0 Å². The molecule has 0 bridgehead atoms. The van der Waals surface area contributed by atoms with Crippen LogP contribution in [0.2, 0.25) is 0 Å². The highest BCUT2D eigenvalue weighted by Crippen LogP contribution is 2.06. The molecule has 0 unspecified atom stereocenters. The number of hydrogen-bond donors (Lipinski definition) is 4. The van der Waals surface area contributed by atoms with E-state index in [4.69, 9.17) is 4.74 Å². The highest BCUT2D eigenvalue weighted by Gasteiger charge is 2.15. The van der Waals surface area contributed by atoms with Crippen LogP contribution in [0.15, 0.2) is 29.4 Å². The fourth-order valence-corrected chi connectivity index (χ4v) is 2.16. The average molecular weight is 379 g/mol. The molecule has 27 heavy (non-hydrogen) atoms. The minimum Gasteiger partial charge on any atom is -0.444 e. The Morgan fingerprint density at radius 3 is 2.33 bits per heavy atom. The number of alkyl carbamates (subject to hydrolysis) is 1. The summed E-state index contributed by atoms with van der Waals surface area (Å²) in [6, 6.07) is 5.83. The quantitative estimate of drug-likeness (QED) is 0.283. The second kappa shape index (κ2) is 12.8. The van der Waals surface area contributed by atoms with Gasteiger partial charge in [-0.2, -0.15) is 0 Å². The number of anilines is 1. The molecule has 152 valence electrons. The number of rotatable bonds is 10. The van der Waals surface area contributed by atoms with Gasteiger partial charge >= 0.3 is 6.09 Å². The third-order valence-corrected chi connectivity index (χ3v) is 3.40. The van der Waals surface area contributed by atoms with E-state index in [0.29, 0.717) is 6.54 Å². The SMILES string of the molecule is CN=C(NCCCCNc1ccccn1)NCCCNC(=O)OC(C)(C)C. The van der Waals surface area contributed by atoms with Crippen molar-refractivity contribution in [2.45, 2.75) is 45.6 Å². The molecule has 0 radical (unpaired) electrons. The van der Waals surface area contributed by atoms with E-state index in [0.717, 1.165) is 50.7 Å². The smallest absolute Gasteiger partial charge is 0.407 e. The molecule has 0 atom stereocenters. The summed E-state index contributed by atoms with van der Waals surface area (Å²) in [6.45, 7) is 8.55. The molecule has 1 aromatic heterocycles. The first kappa shape index (κ1) is 22.5. The molecule has 0 saturated heterocycles. The largest absolute Gasteiger partial charge is 0.444 e. The second-order valence-corrected chi connectivity index (χ2v) is 7.06. The van der Waals surface area contributed by atoms with Crippen molar-refractivity contribution in [3.05, 3.63) is 24.4 Å². The number of nitrogens with one attached hydrogen (secondary N) is 4. The van der Waals surface area contributed by atoms with Gasteiger partial charge in [0.15, 0.2) is 5.96 Å². The van der Waals surface area contributed by atoms with Gasteiger partial charge in [0.1, 0.15) is 11.4 Å². The number of pyridine rings is 1. The minimum atomic E-state index is -0.471. The maximum atomic E-state index is 11.5. The van der Waals surface area contributed by atoms with E-state index in [2.05, 4.69) is 31.2 Å². The van der Waals surface area contributed by atoms with Crippen molar-refractivity contribution in [3.8, 4) is 0 Å². The van der Waals surface area contributed by atoms with Gasteiger partial charge < -0.3 is 26.0 Å². The zero-order valence-corrected chi connectivity index (χ0v) is 17.0. The number of carbonyl (C=O) groups excluding carboxylic acids is 1. The van der Waals surface area contributed by atoms with E-state index in [9.17, 15) is 4.79 Å². The highest BCUT2D eigenvalue weighted by atomic mass is 16.6. The fraction of sp³-hybridized carbons (Fsp3) is 0.632. The van der Waals surface area contributed by atoms with Crippen LogP contribution in [-0.2, 0) is 4.74 Å². The summed E-state index contributed by atoms with van der Waals surface area (Å²) in [6.07, 6.45) is 4.25. The van der Waals surface area contributed by atoms with Gasteiger partial charge in [-0.15, -0.1) is 0 Å². The standard InChI is InChI=1S/C19H34N6O2/c1-19(2,3)27-18(26)25-15-9-14-24-17(20-4)23-13-8-7-12-22-16-10-5-6-11-21-16/h5-6,10-11H,7-9,12-15H2,1-4H3,(H,21,22)(H,25,26)(H2,20,23,24). The molecule has 0 aliphatic heterocycles. The zero-order chi connectivity index (χ0) is 20.0. The number of guanidine groups is 1. The van der Waals surface area contributed by atoms with Crippen molar-refractivity contribution in [2.75, 3.05) is 38.5 Å². The lowest BCUT2D eigenvalue weighted by molar-refractivity contribution is 0.0527. The number of carbonyl (C=O) groups is 1. The van der Waals surface area contributed by atoms with Crippen LogP contribution in [0.3, 0.4) is 0 Å². The van der Waals surface area contributed by atoms with Crippen LogP contribution in [0.25, 0.3) is 0 Å². The van der Waals surface area contributed by atoms with Gasteiger partial charge in [0, 0.05) is 39.4 Å². The lowest BCUT2D eigenvalue weighted by Gasteiger charge is -2.19. The number of hydrogen-bond acceptors (Lipinski definition) is 5. The summed E-state index contributed by atoms with van der Waals surface area (Å²) >= 11 is 0. The van der Waals surface area contributed by atoms with Gasteiger partial charge in [-0.05, 0) is 52.2 Å². The average Bonchev–Trinajstić information content (AvgIpc) is 2.62. The first-order valence-electron chi connectivity index (χ1n) is 9.47. The third-order valence-electron chi connectivity index (χ3n) is 3.40. The molecule has 0 aromatic carbocycles. The topological polar surface area (TPSA) is 99.7 Å². The summed E-state index contributed by atoms with van der Waals surface area (Å²) in [5, 5.41) is 12.5. The van der Waals surface area contributed by atoms with Crippen molar-refractivity contribution < 1.29 is 9.53 Å². The summed E-state index contributed by atoms with van der Waals surface area (Å²) < 4.78 is 5.18. The monoisotopic (exact) mass is 378 g/mol. The van der Waals surface area contributed by atoms with Crippen LogP contribution < -0.4 is 21.3 Å². The summed E-state index contributed by atoms with van der Waals surface area (Å²) in [5.74, 6) is 1.67. The first-order chi connectivity index (χ1) is 12.9. The Balaban J connectivity index is 2.01. The Kier molecular flexibility index (Phi) is 10.7. The predicted octanol–water partition coefficient (Wildman–Crippen LogP) is 2.35. The van der Waals surface area contributed by atoms with Crippen molar-refractivity contribution in [2.24, 2.45) is 4.99 Å². The molecule has 1 amide bonds. The molecule has 0 fully saturated rings. The number of unbranched alkanes of at least 4 members (excludes halogenated alkanes) is 1. The number of aromatic nitrogens is 1. The fourth-order valence-electron chi connectivity index (χ4n) is 2.16. The van der Waals surface area contributed by atoms with Crippen LogP contribution in [0.4, 0.5) is 10.6 Å². The van der Waals surface area contributed by atoms with Crippen LogP contribution in [0.5, 0.6) is 0 Å². The Hall–Kier alpha value is -2.51. The molecule has 1 aromatic rings. The van der Waals surface area contributed by atoms with Gasteiger partial charge in [-0.1, -0.05) is 6.07 Å². The van der Waals surface area contributed by atoms with Gasteiger partial charge in [0.25, 0.3) is 0 Å². The number of amides is 1. The van der Waals surface area contributed by atoms with Gasteiger partial charge in [0.2, 0.25) is 0 Å². The van der Waals surface area contributed by atoms with Crippen LogP contribution >= 0.6 is 0 Å². The van der Waals surface area contributed by atoms with E-state index in [1.54, 1.807) is 13.2 Å². The van der Waals surface area contributed by atoms with Gasteiger partial charge in [-0.25, -0.2) is 9.78 Å². The molecular formula is C19H34N6O2. The highest BCUT2D eigenvalue weighted by molar-refractivity contribution is 5.79. The van der Waals surface area contributed by atoms with Crippen molar-refractivity contribution in [3.63, 3.8) is 0 Å². The van der Waals surface area contributed by atoms with Crippen LogP contribution in [-0.4, -0.2) is 55.9 Å². The molecule has 0 aliphatic rings. The third kappa shape index (κ3) is 12.5. The molecular weight excluding hydrogens is 344 g/mol. The maximum absolute atomic E-state index is 11.5. The van der Waals surface area contributed by atoms with E-state index in [1.807, 2.05) is 39.0 Å². The molecule has 4 N–H and O–H groups in total. The maximum Gasteiger partial charge on any atom is 0.407 e. The molecule has 8 heteroatoms. The number of nitrogens with zero attached hydrogens (tertiary/aromatic N) is 2. The normalized spacial score (nSPS) is 11.6. The molecule has 0 saturated carbocycles. The number of ether oxygens (including phenoxy) is 1. The lowest BCUT2D eigenvalue weighted by Crippen LogP contribution is -2.39. The minimum absolute atomic E-state index is 0.385. The Bertz CT molecular complexity index is 557. The molecule has 1 heterocycles. The predicted molar refractivity (Wildman–Crippen MR) is 110 cm³/mol. The summed E-state index contributed by atoms with van der Waals surface area (Å²) in [4.78, 5) is 19.9. The first-order valence-corrected chi connectivity index (χ1v) is 9.47. The van der Waals surface area contributed by atoms with Crippen molar-refractivity contribution in [1.29, 1.82) is 0 Å². The molecule has 0 aliphatic carbocycles. The van der Waals surface area contributed by atoms with Gasteiger partial charge in [-0.3, -0.25) is 4.99 Å². The van der Waals surface area contributed by atoms with E-state index < -0.39 is 5.60 Å². The van der Waals surface area contributed by atoms with Crippen molar-refractivity contribution in [1.82, 2.24) is 20.9 Å². The number of aliphatic imine (C=N–C) groups is 1. The van der Waals surface area contributed by atoms with E-state index in [1.165, 1.54) is 0 Å². The molecule has 0 spiro atoms. The summed E-state index contributed by atoms with van der Waals surface area (Å²) in [5.41, 5.74) is -0.471. The lowest BCUT2D eigenvalue weighted by atomic mass is 10.2. The van der Waals surface area contributed by atoms with Gasteiger partial charge in [0.05, 0.1) is 0 Å². The molecule has 1 rings (SSSR count).